The van der Waals surface area contributed by atoms with Crippen LogP contribution in [0.5, 0.6) is 5.75 Å². The third-order valence-corrected chi connectivity index (χ3v) is 6.81. The largest absolute Gasteiger partial charge is 0.508 e. The van der Waals surface area contributed by atoms with Gasteiger partial charge in [0.15, 0.2) is 15.3 Å². The zero-order chi connectivity index (χ0) is 13.1. The van der Waals surface area contributed by atoms with E-state index in [1.54, 1.807) is 0 Å². The van der Waals surface area contributed by atoms with Crippen LogP contribution in [0.2, 0.25) is 0 Å². The molecule has 0 aliphatic heterocycles. The van der Waals surface area contributed by atoms with E-state index in [2.05, 4.69) is 9.05 Å². The van der Waals surface area contributed by atoms with Gasteiger partial charge in [0, 0.05) is 14.2 Å². The maximum Gasteiger partial charge on any atom is 0.345 e. The van der Waals surface area contributed by atoms with Gasteiger partial charge in [-0.15, -0.1) is 0 Å². The van der Waals surface area contributed by atoms with E-state index >= 15 is 0 Å². The molecule has 0 amide bonds. The topological polar surface area (TPSA) is 89.9 Å². The normalized spacial score (nSPS) is 12.6. The fourth-order valence-electron chi connectivity index (χ4n) is 1.12. The molecule has 96 valence electrons. The van der Waals surface area contributed by atoms with Gasteiger partial charge in [-0.3, -0.25) is 4.57 Å². The minimum atomic E-state index is -3.78. The van der Waals surface area contributed by atoms with Gasteiger partial charge < -0.3 is 14.2 Å². The zero-order valence-electron chi connectivity index (χ0n) is 9.36. The Labute approximate surface area is 99.6 Å². The van der Waals surface area contributed by atoms with Crippen LogP contribution in [0.15, 0.2) is 29.2 Å². The number of hydrogen-bond donors (Lipinski definition) is 1. The first kappa shape index (κ1) is 14.2. The lowest BCUT2D eigenvalue weighted by Crippen LogP contribution is -2.09. The van der Waals surface area contributed by atoms with Crippen LogP contribution in [0.4, 0.5) is 0 Å². The molecular weight excluding hydrogens is 267 g/mol. The maximum absolute atomic E-state index is 11.9. The van der Waals surface area contributed by atoms with Crippen molar-refractivity contribution in [3.05, 3.63) is 24.3 Å². The summed E-state index contributed by atoms with van der Waals surface area (Å²) in [5, 5.41) is 9.05. The Morgan fingerprint density at radius 2 is 1.65 bits per heavy atom. The van der Waals surface area contributed by atoms with Gasteiger partial charge in [-0.25, -0.2) is 8.42 Å². The minimum Gasteiger partial charge on any atom is -0.508 e. The molecule has 0 bridgehead atoms. The van der Waals surface area contributed by atoms with E-state index < -0.39 is 22.9 Å². The number of sulfone groups is 1. The number of hydrogen-bond acceptors (Lipinski definition) is 6. The number of aromatic hydroxyl groups is 1. The summed E-state index contributed by atoms with van der Waals surface area (Å²) in [6.45, 7) is 0. The predicted molar refractivity (Wildman–Crippen MR) is 61.8 cm³/mol. The smallest absolute Gasteiger partial charge is 0.345 e. The van der Waals surface area contributed by atoms with Gasteiger partial charge in [0.1, 0.15) is 5.75 Å². The van der Waals surface area contributed by atoms with Crippen LogP contribution in [0.1, 0.15) is 0 Å². The van der Waals surface area contributed by atoms with Crippen molar-refractivity contribution in [1.29, 1.82) is 0 Å². The molecule has 0 atom stereocenters. The summed E-state index contributed by atoms with van der Waals surface area (Å²) < 4.78 is 44.6. The van der Waals surface area contributed by atoms with E-state index in [4.69, 9.17) is 5.11 Å². The van der Waals surface area contributed by atoms with Gasteiger partial charge in [0.05, 0.1) is 4.90 Å². The molecule has 8 heteroatoms. The van der Waals surface area contributed by atoms with Gasteiger partial charge in [-0.2, -0.15) is 0 Å². The summed E-state index contributed by atoms with van der Waals surface area (Å²) in [6.07, 6.45) is 0. The molecule has 0 radical (unpaired) electrons. The van der Waals surface area contributed by atoms with Crippen molar-refractivity contribution in [3.8, 4) is 5.75 Å². The van der Waals surface area contributed by atoms with E-state index in [0.717, 1.165) is 14.2 Å². The molecule has 0 aliphatic carbocycles. The Kier molecular flexibility index (Phi) is 4.32. The lowest BCUT2D eigenvalue weighted by Gasteiger charge is -2.13. The molecule has 1 aromatic rings. The third-order valence-electron chi connectivity index (χ3n) is 2.08. The van der Waals surface area contributed by atoms with Gasteiger partial charge in [0.2, 0.25) is 0 Å². The molecule has 0 saturated carbocycles. The summed E-state index contributed by atoms with van der Waals surface area (Å²) in [4.78, 5) is -0.0513. The van der Waals surface area contributed by atoms with Crippen LogP contribution in [0, 0.1) is 0 Å². The number of rotatable bonds is 5. The summed E-state index contributed by atoms with van der Waals surface area (Å²) in [5.74, 6) is -0.0504. The summed E-state index contributed by atoms with van der Waals surface area (Å²) in [7, 11) is -5.17. The molecule has 1 aromatic carbocycles. The number of phenols is 1. The SMILES string of the molecule is COP(=O)(CS(=O)(=O)c1ccc(O)cc1)OC. The van der Waals surface area contributed by atoms with Crippen LogP contribution >= 0.6 is 7.60 Å². The monoisotopic (exact) mass is 280 g/mol. The van der Waals surface area contributed by atoms with Gasteiger partial charge >= 0.3 is 7.60 Å². The molecule has 0 saturated heterocycles. The van der Waals surface area contributed by atoms with Gasteiger partial charge in [0.25, 0.3) is 0 Å². The number of phenolic OH excluding ortho intramolecular Hbond substituents is 1. The standard InChI is InChI=1S/C9H13O6PS/c1-14-16(11,15-2)7-17(12,13)9-5-3-8(10)4-6-9/h3-6,10H,7H2,1-2H3. The van der Waals surface area contributed by atoms with Crippen molar-refractivity contribution >= 4 is 17.4 Å². The quantitative estimate of drug-likeness (QED) is 0.824. The molecule has 0 aliphatic rings. The Morgan fingerprint density at radius 1 is 1.18 bits per heavy atom. The average molecular weight is 280 g/mol. The molecule has 0 unspecified atom stereocenters. The maximum atomic E-state index is 11.9. The van der Waals surface area contributed by atoms with E-state index in [9.17, 15) is 13.0 Å². The molecule has 0 spiro atoms. The van der Waals surface area contributed by atoms with Crippen LogP contribution < -0.4 is 0 Å². The Balaban J connectivity index is 3.05. The summed E-state index contributed by atoms with van der Waals surface area (Å²) in [6, 6.07) is 4.91. The van der Waals surface area contributed by atoms with Crippen molar-refractivity contribution in [2.24, 2.45) is 0 Å². The Hall–Kier alpha value is -0.880. The molecule has 17 heavy (non-hydrogen) atoms. The first-order chi connectivity index (χ1) is 7.83. The molecule has 0 fully saturated rings. The van der Waals surface area contributed by atoms with Crippen LogP contribution in [-0.4, -0.2) is 33.2 Å². The second-order valence-electron chi connectivity index (χ2n) is 3.21. The molecule has 6 nitrogen and oxygen atoms in total. The molecule has 1 N–H and O–H groups in total. The highest BCUT2D eigenvalue weighted by Crippen LogP contribution is 2.48. The zero-order valence-corrected chi connectivity index (χ0v) is 11.1. The van der Waals surface area contributed by atoms with Crippen molar-refractivity contribution in [3.63, 3.8) is 0 Å². The second-order valence-corrected chi connectivity index (χ2v) is 7.90. The molecule has 0 aromatic heterocycles. The highest BCUT2D eigenvalue weighted by atomic mass is 32.2. The third kappa shape index (κ3) is 3.54. The predicted octanol–water partition coefficient (Wildman–Crippen LogP) is 1.61. The first-order valence-corrected chi connectivity index (χ1v) is 7.93. The van der Waals surface area contributed by atoms with E-state index in [1.165, 1.54) is 24.3 Å². The van der Waals surface area contributed by atoms with E-state index in [0.29, 0.717) is 0 Å². The molecule has 0 heterocycles. The highest BCUT2D eigenvalue weighted by Gasteiger charge is 2.31. The van der Waals surface area contributed by atoms with Crippen molar-refractivity contribution < 1.29 is 27.1 Å². The van der Waals surface area contributed by atoms with Crippen LogP contribution in [0.25, 0.3) is 0 Å². The van der Waals surface area contributed by atoms with E-state index in [-0.39, 0.29) is 10.6 Å². The fraction of sp³-hybridized carbons (Fsp3) is 0.333. The van der Waals surface area contributed by atoms with Gasteiger partial charge in [-0.1, -0.05) is 0 Å². The first-order valence-electron chi connectivity index (χ1n) is 4.55. The Morgan fingerprint density at radius 3 is 2.06 bits per heavy atom. The minimum absolute atomic E-state index is 0.0504. The van der Waals surface area contributed by atoms with Gasteiger partial charge in [-0.05, 0) is 24.3 Å². The summed E-state index contributed by atoms with van der Waals surface area (Å²) >= 11 is 0. The van der Waals surface area contributed by atoms with Crippen LogP contribution in [-0.2, 0) is 23.4 Å². The van der Waals surface area contributed by atoms with Crippen LogP contribution in [0.3, 0.4) is 0 Å². The highest BCUT2D eigenvalue weighted by molar-refractivity contribution is 7.97. The Bertz CT molecular complexity index is 513. The van der Waals surface area contributed by atoms with E-state index in [1.807, 2.05) is 0 Å². The van der Waals surface area contributed by atoms with Crippen molar-refractivity contribution in [1.82, 2.24) is 0 Å². The average Bonchev–Trinajstić information content (AvgIpc) is 2.29. The molecule has 1 rings (SSSR count). The molecular formula is C9H13O6PS. The second kappa shape index (κ2) is 5.18. The number of benzene rings is 1. The van der Waals surface area contributed by atoms with Crippen molar-refractivity contribution in [2.75, 3.05) is 19.7 Å². The fourth-order valence-corrected chi connectivity index (χ4v) is 4.92. The lowest BCUT2D eigenvalue weighted by molar-refractivity contribution is 0.280. The lowest BCUT2D eigenvalue weighted by atomic mass is 10.3. The summed E-state index contributed by atoms with van der Waals surface area (Å²) in [5.41, 5.74) is -0.738. The van der Waals surface area contributed by atoms with Crippen molar-refractivity contribution in [2.45, 2.75) is 4.90 Å².